The zero-order valence-electron chi connectivity index (χ0n) is 11.9. The molecule has 0 aromatic heterocycles. The average Bonchev–Trinajstić information content (AvgIpc) is 2.48. The number of sulfonamides is 1. The van der Waals surface area contributed by atoms with Crippen molar-refractivity contribution in [1.82, 2.24) is 20.5 Å². The Morgan fingerprint density at radius 2 is 1.86 bits per heavy atom. The van der Waals surface area contributed by atoms with E-state index in [0.29, 0.717) is 13.1 Å². The van der Waals surface area contributed by atoms with Gasteiger partial charge in [0.05, 0.1) is 10.9 Å². The molecule has 1 aromatic rings. The number of nitrogens with zero attached hydrogens (tertiary/aromatic N) is 1. The number of hydrazine groups is 1. The molecule has 1 heterocycles. The molecule has 0 aliphatic carbocycles. The molecule has 21 heavy (non-hydrogen) atoms. The van der Waals surface area contributed by atoms with Crippen LogP contribution in [0.4, 0.5) is 0 Å². The summed E-state index contributed by atoms with van der Waals surface area (Å²) >= 11 is 0. The molecule has 1 aromatic carbocycles. The van der Waals surface area contributed by atoms with Gasteiger partial charge in [0.25, 0.3) is 5.91 Å². The van der Waals surface area contributed by atoms with Gasteiger partial charge in [-0.15, -0.1) is 0 Å². The van der Waals surface area contributed by atoms with Crippen LogP contribution in [-0.2, 0) is 14.8 Å². The van der Waals surface area contributed by atoms with Gasteiger partial charge in [0.1, 0.15) is 0 Å². The Morgan fingerprint density at radius 3 is 2.48 bits per heavy atom. The fourth-order valence-corrected chi connectivity index (χ4v) is 3.21. The lowest BCUT2D eigenvalue weighted by Crippen LogP contribution is -2.56. The molecule has 0 bridgehead atoms. The Kier molecular flexibility index (Phi) is 5.29. The van der Waals surface area contributed by atoms with E-state index in [0.717, 1.165) is 13.1 Å². The van der Waals surface area contributed by atoms with Crippen LogP contribution in [0.1, 0.15) is 6.92 Å². The highest BCUT2D eigenvalue weighted by Gasteiger charge is 2.23. The van der Waals surface area contributed by atoms with Crippen molar-refractivity contribution in [3.8, 4) is 0 Å². The highest BCUT2D eigenvalue weighted by atomic mass is 32.2. The number of carbonyl (C=O) groups is 1. The topological polar surface area (TPSA) is 90.5 Å². The van der Waals surface area contributed by atoms with E-state index in [4.69, 9.17) is 0 Å². The summed E-state index contributed by atoms with van der Waals surface area (Å²) < 4.78 is 26.6. The van der Waals surface area contributed by atoms with Crippen molar-refractivity contribution < 1.29 is 13.2 Å². The molecule has 1 fully saturated rings. The van der Waals surface area contributed by atoms with Gasteiger partial charge >= 0.3 is 0 Å². The number of carbonyl (C=O) groups excluding carboxylic acids is 1. The van der Waals surface area contributed by atoms with Gasteiger partial charge in [-0.05, 0) is 19.1 Å². The molecule has 2 rings (SSSR count). The summed E-state index contributed by atoms with van der Waals surface area (Å²) in [4.78, 5) is 12.2. The normalized spacial score (nSPS) is 18.1. The number of amides is 1. The van der Waals surface area contributed by atoms with Crippen LogP contribution in [0.25, 0.3) is 0 Å². The fraction of sp³-hybridized carbons (Fsp3) is 0.462. The summed E-state index contributed by atoms with van der Waals surface area (Å²) in [5.41, 5.74) is 2.72. The molecule has 0 radical (unpaired) electrons. The van der Waals surface area contributed by atoms with Crippen molar-refractivity contribution in [1.29, 1.82) is 0 Å². The Bertz CT molecular complexity index is 570. The van der Waals surface area contributed by atoms with Crippen molar-refractivity contribution in [2.45, 2.75) is 17.9 Å². The van der Waals surface area contributed by atoms with Crippen LogP contribution in [0.3, 0.4) is 0 Å². The molecule has 0 unspecified atom stereocenters. The average molecular weight is 312 g/mol. The molecule has 1 aliphatic heterocycles. The summed E-state index contributed by atoms with van der Waals surface area (Å²) in [5, 5.41) is 4.96. The molecule has 1 aliphatic rings. The zero-order valence-corrected chi connectivity index (χ0v) is 12.7. The van der Waals surface area contributed by atoms with E-state index >= 15 is 0 Å². The largest absolute Gasteiger partial charge is 0.314 e. The van der Waals surface area contributed by atoms with Crippen molar-refractivity contribution in [2.24, 2.45) is 0 Å². The number of rotatable bonds is 5. The van der Waals surface area contributed by atoms with Crippen LogP contribution in [0, 0.1) is 0 Å². The zero-order chi connectivity index (χ0) is 15.3. The number of hydrogen-bond acceptors (Lipinski definition) is 5. The first-order valence-electron chi connectivity index (χ1n) is 6.82. The molecule has 1 atom stereocenters. The van der Waals surface area contributed by atoms with Crippen LogP contribution >= 0.6 is 0 Å². The minimum absolute atomic E-state index is 0.145. The monoisotopic (exact) mass is 312 g/mol. The second-order valence-corrected chi connectivity index (χ2v) is 6.58. The summed E-state index contributed by atoms with van der Waals surface area (Å²) in [6, 6.07) is 7.15. The van der Waals surface area contributed by atoms with E-state index in [-0.39, 0.29) is 10.8 Å². The second-order valence-electron chi connectivity index (χ2n) is 4.87. The Balaban J connectivity index is 1.93. The van der Waals surface area contributed by atoms with Gasteiger partial charge in [-0.25, -0.2) is 13.4 Å². The molecule has 8 heteroatoms. The third-order valence-corrected chi connectivity index (χ3v) is 4.72. The van der Waals surface area contributed by atoms with Crippen LogP contribution in [0.2, 0.25) is 0 Å². The van der Waals surface area contributed by atoms with Crippen LogP contribution in [-0.4, -0.2) is 51.6 Å². The minimum atomic E-state index is -3.69. The summed E-state index contributed by atoms with van der Waals surface area (Å²) in [6.07, 6.45) is 0. The van der Waals surface area contributed by atoms with Crippen molar-refractivity contribution in [2.75, 3.05) is 26.2 Å². The quantitative estimate of drug-likeness (QED) is 0.668. The first-order valence-corrected chi connectivity index (χ1v) is 8.31. The standard InChI is InChI=1S/C13H20N4O3S/c1-11(13(18)15-17-9-7-14-8-10-17)16-21(19,20)12-5-3-2-4-6-12/h2-6,11,14,16H,7-10H2,1H3,(H,15,18)/t11-/m0/s1. The Morgan fingerprint density at radius 1 is 1.24 bits per heavy atom. The van der Waals surface area contributed by atoms with Crippen LogP contribution < -0.4 is 15.5 Å². The second kappa shape index (κ2) is 6.99. The van der Waals surface area contributed by atoms with E-state index in [1.807, 2.05) is 0 Å². The molecule has 116 valence electrons. The third-order valence-electron chi connectivity index (χ3n) is 3.16. The summed E-state index contributed by atoms with van der Waals surface area (Å²) in [5.74, 6) is -0.364. The minimum Gasteiger partial charge on any atom is -0.314 e. The predicted molar refractivity (Wildman–Crippen MR) is 78.8 cm³/mol. The first-order chi connectivity index (χ1) is 9.99. The van der Waals surface area contributed by atoms with E-state index in [9.17, 15) is 13.2 Å². The molecule has 1 amide bonds. The van der Waals surface area contributed by atoms with E-state index in [2.05, 4.69) is 15.5 Å². The number of benzene rings is 1. The molecule has 0 saturated carbocycles. The van der Waals surface area contributed by atoms with E-state index in [1.165, 1.54) is 19.1 Å². The number of piperazine rings is 1. The van der Waals surface area contributed by atoms with Crippen molar-refractivity contribution in [3.05, 3.63) is 30.3 Å². The van der Waals surface area contributed by atoms with Crippen LogP contribution in [0.5, 0.6) is 0 Å². The van der Waals surface area contributed by atoms with Gasteiger partial charge < -0.3 is 5.32 Å². The van der Waals surface area contributed by atoms with Gasteiger partial charge in [-0.3, -0.25) is 10.2 Å². The lowest BCUT2D eigenvalue weighted by atomic mass is 10.3. The van der Waals surface area contributed by atoms with Gasteiger partial charge in [0, 0.05) is 26.2 Å². The predicted octanol–water partition coefficient (Wildman–Crippen LogP) is -0.710. The number of nitrogens with one attached hydrogen (secondary N) is 3. The Hall–Kier alpha value is -1.48. The lowest BCUT2D eigenvalue weighted by molar-refractivity contribution is -0.127. The summed E-state index contributed by atoms with van der Waals surface area (Å²) in [7, 11) is -3.69. The molecular weight excluding hydrogens is 292 g/mol. The van der Waals surface area contributed by atoms with Gasteiger partial charge in [-0.2, -0.15) is 4.72 Å². The first kappa shape index (κ1) is 15.9. The van der Waals surface area contributed by atoms with E-state index < -0.39 is 16.1 Å². The molecular formula is C13H20N4O3S. The molecule has 3 N–H and O–H groups in total. The van der Waals surface area contributed by atoms with E-state index in [1.54, 1.807) is 23.2 Å². The molecule has 7 nitrogen and oxygen atoms in total. The number of hydrogen-bond donors (Lipinski definition) is 3. The maximum absolute atomic E-state index is 12.1. The highest BCUT2D eigenvalue weighted by Crippen LogP contribution is 2.07. The van der Waals surface area contributed by atoms with Crippen molar-refractivity contribution >= 4 is 15.9 Å². The van der Waals surface area contributed by atoms with Crippen LogP contribution in [0.15, 0.2) is 35.2 Å². The smallest absolute Gasteiger partial charge is 0.252 e. The molecule has 0 spiro atoms. The summed E-state index contributed by atoms with van der Waals surface area (Å²) in [6.45, 7) is 4.51. The highest BCUT2D eigenvalue weighted by molar-refractivity contribution is 7.89. The van der Waals surface area contributed by atoms with Gasteiger partial charge in [-0.1, -0.05) is 18.2 Å². The van der Waals surface area contributed by atoms with Crippen molar-refractivity contribution in [3.63, 3.8) is 0 Å². The maximum atomic E-state index is 12.1. The van der Waals surface area contributed by atoms with Gasteiger partial charge in [0.15, 0.2) is 0 Å². The molecule has 1 saturated heterocycles. The SMILES string of the molecule is C[C@H](NS(=O)(=O)c1ccccc1)C(=O)NN1CCNCC1. The van der Waals surface area contributed by atoms with Gasteiger partial charge in [0.2, 0.25) is 10.0 Å². The lowest BCUT2D eigenvalue weighted by Gasteiger charge is -2.28. The maximum Gasteiger partial charge on any atom is 0.252 e. The Labute approximate surface area is 124 Å². The fourth-order valence-electron chi connectivity index (χ4n) is 1.98. The third kappa shape index (κ3) is 4.50.